The van der Waals surface area contributed by atoms with Crippen LogP contribution in [0.2, 0.25) is 0 Å². The van der Waals surface area contributed by atoms with Crippen LogP contribution in [0, 0.1) is 13.8 Å². The summed E-state index contributed by atoms with van der Waals surface area (Å²) in [6.07, 6.45) is 1.90. The van der Waals surface area contributed by atoms with Gasteiger partial charge in [0.15, 0.2) is 6.04 Å². The topological polar surface area (TPSA) is 61.2 Å². The minimum Gasteiger partial charge on any atom is -0.334 e. The van der Waals surface area contributed by atoms with Gasteiger partial charge in [-0.25, -0.2) is 0 Å². The van der Waals surface area contributed by atoms with Crippen molar-refractivity contribution in [1.82, 2.24) is 10.7 Å². The lowest BCUT2D eigenvalue weighted by Gasteiger charge is -2.14. The number of amides is 2. The molecular weight excluding hydrogens is 374 g/mol. The summed E-state index contributed by atoms with van der Waals surface area (Å²) in [6, 6.07) is 24.0. The SMILES string of the molecule is Cc1ccc(/C=[N+]2\NC(=O)[C@H](NC(=O)c3ccc(C)cc3)[C@@H]2c2ccccc2)cc1. The van der Waals surface area contributed by atoms with E-state index >= 15 is 0 Å². The van der Waals surface area contributed by atoms with E-state index in [0.717, 1.165) is 16.7 Å². The number of hydrogen-bond donors (Lipinski definition) is 2. The number of rotatable bonds is 4. The summed E-state index contributed by atoms with van der Waals surface area (Å²) in [5, 5.41) is 2.93. The smallest absolute Gasteiger partial charge is 0.304 e. The maximum Gasteiger partial charge on any atom is 0.304 e. The first kappa shape index (κ1) is 19.6. The van der Waals surface area contributed by atoms with Gasteiger partial charge in [0, 0.05) is 16.7 Å². The van der Waals surface area contributed by atoms with Crippen molar-refractivity contribution in [3.8, 4) is 0 Å². The van der Waals surface area contributed by atoms with Crippen molar-refractivity contribution < 1.29 is 14.3 Å². The minimum atomic E-state index is -0.720. The molecule has 2 atom stereocenters. The third-order valence-electron chi connectivity index (χ3n) is 5.24. The molecule has 1 saturated heterocycles. The highest BCUT2D eigenvalue weighted by Gasteiger charge is 2.47. The van der Waals surface area contributed by atoms with E-state index in [0.29, 0.717) is 5.56 Å². The summed E-state index contributed by atoms with van der Waals surface area (Å²) in [7, 11) is 0. The summed E-state index contributed by atoms with van der Waals surface area (Å²) < 4.78 is 1.78. The molecule has 0 aliphatic carbocycles. The lowest BCUT2D eigenvalue weighted by molar-refractivity contribution is -0.596. The molecule has 2 amide bonds. The standard InChI is InChI=1S/C25H23N3O2/c1-17-8-12-19(13-9-17)16-28-23(20-6-4-3-5-7-20)22(25(30)27-28)26-24(29)21-14-10-18(2)11-15-21/h3-16,22-23H,1-2H3,(H-,26,27,29,30)/p+1/b28-16-/t22-,23+/m1/s1. The predicted molar refractivity (Wildman–Crippen MR) is 116 cm³/mol. The number of hydrazone groups is 1. The summed E-state index contributed by atoms with van der Waals surface area (Å²) in [5.41, 5.74) is 7.58. The van der Waals surface area contributed by atoms with Crippen molar-refractivity contribution in [2.75, 3.05) is 0 Å². The van der Waals surface area contributed by atoms with Crippen molar-refractivity contribution >= 4 is 18.0 Å². The number of carbonyl (C=O) groups excluding carboxylic acids is 2. The van der Waals surface area contributed by atoms with E-state index in [9.17, 15) is 9.59 Å². The molecule has 3 aromatic rings. The molecule has 2 N–H and O–H groups in total. The zero-order valence-electron chi connectivity index (χ0n) is 17.0. The number of hydrogen-bond acceptors (Lipinski definition) is 2. The zero-order chi connectivity index (χ0) is 21.1. The van der Waals surface area contributed by atoms with E-state index in [4.69, 9.17) is 0 Å². The Balaban J connectivity index is 1.68. The molecule has 1 heterocycles. The summed E-state index contributed by atoms with van der Waals surface area (Å²) in [4.78, 5) is 25.7. The fourth-order valence-electron chi connectivity index (χ4n) is 3.57. The van der Waals surface area contributed by atoms with Crippen molar-refractivity contribution in [1.29, 1.82) is 0 Å². The van der Waals surface area contributed by atoms with Gasteiger partial charge in [0.25, 0.3) is 5.91 Å². The highest BCUT2D eigenvalue weighted by molar-refractivity contribution is 5.98. The van der Waals surface area contributed by atoms with Crippen LogP contribution in [0.3, 0.4) is 0 Å². The van der Waals surface area contributed by atoms with Crippen LogP contribution in [-0.2, 0) is 4.79 Å². The van der Waals surface area contributed by atoms with Crippen molar-refractivity contribution in [2.24, 2.45) is 0 Å². The molecule has 1 aliphatic rings. The van der Waals surface area contributed by atoms with Crippen LogP contribution in [0.25, 0.3) is 0 Å². The van der Waals surface area contributed by atoms with Crippen LogP contribution in [-0.4, -0.2) is 28.8 Å². The second-order valence-corrected chi connectivity index (χ2v) is 7.60. The first-order valence-corrected chi connectivity index (χ1v) is 9.94. The fourth-order valence-corrected chi connectivity index (χ4v) is 3.57. The number of hydrazine groups is 1. The molecule has 1 aliphatic heterocycles. The van der Waals surface area contributed by atoms with E-state index in [1.165, 1.54) is 5.56 Å². The zero-order valence-corrected chi connectivity index (χ0v) is 17.0. The van der Waals surface area contributed by atoms with E-state index in [1.54, 1.807) is 16.8 Å². The van der Waals surface area contributed by atoms with Crippen LogP contribution < -0.4 is 10.7 Å². The summed E-state index contributed by atoms with van der Waals surface area (Å²) >= 11 is 0. The number of nitrogens with one attached hydrogen (secondary N) is 2. The second kappa shape index (κ2) is 8.33. The van der Waals surface area contributed by atoms with E-state index in [-0.39, 0.29) is 17.9 Å². The second-order valence-electron chi connectivity index (χ2n) is 7.60. The first-order valence-electron chi connectivity index (χ1n) is 9.94. The van der Waals surface area contributed by atoms with E-state index in [1.807, 2.05) is 86.8 Å². The third kappa shape index (κ3) is 4.15. The van der Waals surface area contributed by atoms with Gasteiger partial charge in [0.1, 0.15) is 0 Å². The molecule has 0 spiro atoms. The summed E-state index contributed by atoms with van der Waals surface area (Å²) in [5.74, 6) is -0.513. The van der Waals surface area contributed by atoms with Gasteiger partial charge < -0.3 is 5.32 Å². The quantitative estimate of drug-likeness (QED) is 0.663. The van der Waals surface area contributed by atoms with Crippen LogP contribution in [0.4, 0.5) is 0 Å². The molecule has 5 heteroatoms. The molecule has 0 unspecified atom stereocenters. The van der Waals surface area contributed by atoms with Crippen LogP contribution in [0.5, 0.6) is 0 Å². The fraction of sp³-hybridized carbons (Fsp3) is 0.160. The Morgan fingerprint density at radius 2 is 1.50 bits per heavy atom. The lowest BCUT2D eigenvalue weighted by atomic mass is 9.99. The van der Waals surface area contributed by atoms with Gasteiger partial charge in [0.05, 0.1) is 0 Å². The Kier molecular flexibility index (Phi) is 5.44. The minimum absolute atomic E-state index is 0.243. The summed E-state index contributed by atoms with van der Waals surface area (Å²) in [6.45, 7) is 4.00. The van der Waals surface area contributed by atoms with E-state index in [2.05, 4.69) is 10.7 Å². The average molecular weight is 398 g/mol. The molecule has 0 radical (unpaired) electrons. The van der Waals surface area contributed by atoms with Crippen LogP contribution in [0.1, 0.15) is 38.7 Å². The first-order chi connectivity index (χ1) is 14.5. The molecule has 150 valence electrons. The van der Waals surface area contributed by atoms with Gasteiger partial charge in [-0.15, -0.1) is 10.1 Å². The molecular formula is C25H24N3O2+. The molecule has 4 rings (SSSR count). The van der Waals surface area contributed by atoms with Crippen LogP contribution in [0.15, 0.2) is 78.9 Å². The Morgan fingerprint density at radius 1 is 0.900 bits per heavy atom. The third-order valence-corrected chi connectivity index (χ3v) is 5.24. The lowest BCUT2D eigenvalue weighted by Crippen LogP contribution is -2.42. The molecule has 0 saturated carbocycles. The van der Waals surface area contributed by atoms with Gasteiger partial charge >= 0.3 is 5.91 Å². The van der Waals surface area contributed by atoms with Crippen molar-refractivity contribution in [3.05, 3.63) is 107 Å². The number of aryl methyl sites for hydroxylation is 2. The van der Waals surface area contributed by atoms with Gasteiger partial charge in [-0.05, 0) is 38.1 Å². The highest BCUT2D eigenvalue weighted by Crippen LogP contribution is 2.25. The largest absolute Gasteiger partial charge is 0.334 e. The Labute approximate surface area is 176 Å². The van der Waals surface area contributed by atoms with Crippen molar-refractivity contribution in [3.63, 3.8) is 0 Å². The Bertz CT molecular complexity index is 1090. The highest BCUT2D eigenvalue weighted by atomic mass is 16.2. The predicted octanol–water partition coefficient (Wildman–Crippen LogP) is 3.32. The molecule has 1 fully saturated rings. The Hall–Kier alpha value is -3.73. The average Bonchev–Trinajstić information content (AvgIpc) is 3.05. The molecule has 3 aromatic carbocycles. The van der Waals surface area contributed by atoms with Gasteiger partial charge in [-0.3, -0.25) is 9.59 Å². The van der Waals surface area contributed by atoms with Gasteiger partial charge in [-0.1, -0.05) is 65.7 Å². The number of nitrogens with zero attached hydrogens (tertiary/aromatic N) is 1. The van der Waals surface area contributed by atoms with Crippen LogP contribution >= 0.6 is 0 Å². The number of benzene rings is 3. The van der Waals surface area contributed by atoms with Gasteiger partial charge in [-0.2, -0.15) is 0 Å². The number of carbonyl (C=O) groups is 2. The molecule has 30 heavy (non-hydrogen) atoms. The molecule has 0 aromatic heterocycles. The normalized spacial score (nSPS) is 19.5. The van der Waals surface area contributed by atoms with Crippen molar-refractivity contribution in [2.45, 2.75) is 25.9 Å². The Morgan fingerprint density at radius 3 is 2.13 bits per heavy atom. The molecule has 5 nitrogen and oxygen atoms in total. The molecule has 0 bridgehead atoms. The van der Waals surface area contributed by atoms with E-state index < -0.39 is 6.04 Å². The maximum absolute atomic E-state index is 12.8. The monoisotopic (exact) mass is 398 g/mol. The maximum atomic E-state index is 12.8. The van der Waals surface area contributed by atoms with Gasteiger partial charge in [0.2, 0.25) is 12.3 Å².